The Morgan fingerprint density at radius 1 is 1.29 bits per heavy atom. The number of carbonyl (C=O) groups excluding carboxylic acids is 2. The third kappa shape index (κ3) is 4.79. The minimum Gasteiger partial charge on any atom is -0.480 e. The van der Waals surface area contributed by atoms with E-state index < -0.39 is 42.0 Å². The molecule has 1 aromatic rings. The number of rotatable bonds is 5. The fourth-order valence-corrected chi connectivity index (χ4v) is 1.48. The number of alkyl halides is 3. The second kappa shape index (κ2) is 6.25. The lowest BCUT2D eigenvalue weighted by molar-refractivity contribution is -0.141. The number of nitrogens with one attached hydrogen (secondary N) is 1. The maximum atomic E-state index is 12.5. The van der Waals surface area contributed by atoms with E-state index in [9.17, 15) is 27.6 Å². The summed E-state index contributed by atoms with van der Waals surface area (Å²) < 4.78 is 37.5. The van der Waals surface area contributed by atoms with Gasteiger partial charge in [0.05, 0.1) is 12.0 Å². The molecule has 1 atom stereocenters. The van der Waals surface area contributed by atoms with Gasteiger partial charge in [-0.05, 0) is 18.2 Å². The number of halogens is 3. The van der Waals surface area contributed by atoms with Crippen LogP contribution in [0.15, 0.2) is 24.3 Å². The second-order valence-electron chi connectivity index (χ2n) is 4.11. The smallest absolute Gasteiger partial charge is 0.416 e. The van der Waals surface area contributed by atoms with Crippen LogP contribution in [0, 0.1) is 0 Å². The number of aliphatic carboxylic acids is 1. The minimum absolute atomic E-state index is 0.374. The van der Waals surface area contributed by atoms with Crippen LogP contribution in [0.5, 0.6) is 0 Å². The monoisotopic (exact) mass is 304 g/mol. The Balaban J connectivity index is 2.93. The van der Waals surface area contributed by atoms with E-state index in [0.29, 0.717) is 6.07 Å². The van der Waals surface area contributed by atoms with E-state index in [4.69, 9.17) is 10.8 Å². The molecule has 0 fully saturated rings. The highest BCUT2D eigenvalue weighted by molar-refractivity contribution is 5.97. The van der Waals surface area contributed by atoms with Crippen LogP contribution in [0.2, 0.25) is 0 Å². The van der Waals surface area contributed by atoms with Crippen molar-refractivity contribution < 1.29 is 32.7 Å². The lowest BCUT2D eigenvalue weighted by Gasteiger charge is -2.13. The average Bonchev–Trinajstić information content (AvgIpc) is 2.36. The summed E-state index contributed by atoms with van der Waals surface area (Å²) in [6.45, 7) is 0. The SMILES string of the molecule is NC(=O)C[C@@H](NC(=O)c1cccc(C(F)(F)F)c1)C(=O)O. The van der Waals surface area contributed by atoms with E-state index in [1.54, 1.807) is 0 Å². The Morgan fingerprint density at radius 2 is 1.90 bits per heavy atom. The quantitative estimate of drug-likeness (QED) is 0.746. The molecular weight excluding hydrogens is 293 g/mol. The summed E-state index contributed by atoms with van der Waals surface area (Å²) in [6, 6.07) is 1.85. The normalized spacial score (nSPS) is 12.5. The summed E-state index contributed by atoms with van der Waals surface area (Å²) in [5.74, 6) is -3.53. The molecule has 0 aliphatic heterocycles. The van der Waals surface area contributed by atoms with E-state index in [1.165, 1.54) is 0 Å². The molecule has 6 nitrogen and oxygen atoms in total. The van der Waals surface area contributed by atoms with Gasteiger partial charge >= 0.3 is 12.1 Å². The van der Waals surface area contributed by atoms with Gasteiger partial charge in [0.2, 0.25) is 5.91 Å². The Labute approximate surface area is 116 Å². The maximum absolute atomic E-state index is 12.5. The first-order valence-electron chi connectivity index (χ1n) is 5.60. The number of hydrogen-bond acceptors (Lipinski definition) is 3. The number of carboxylic acids is 1. The van der Waals surface area contributed by atoms with Crippen LogP contribution in [-0.2, 0) is 15.8 Å². The van der Waals surface area contributed by atoms with Gasteiger partial charge in [-0.15, -0.1) is 0 Å². The minimum atomic E-state index is -4.63. The molecule has 0 aliphatic rings. The number of amides is 2. The van der Waals surface area contributed by atoms with Crippen LogP contribution < -0.4 is 11.1 Å². The molecule has 0 bridgehead atoms. The molecule has 0 saturated carbocycles. The Hall–Kier alpha value is -2.58. The fourth-order valence-electron chi connectivity index (χ4n) is 1.48. The molecule has 4 N–H and O–H groups in total. The molecule has 1 aromatic carbocycles. The highest BCUT2D eigenvalue weighted by atomic mass is 19.4. The number of nitrogens with two attached hydrogens (primary N) is 1. The van der Waals surface area contributed by atoms with Crippen molar-refractivity contribution in [1.82, 2.24) is 5.32 Å². The number of carboxylic acid groups (broad SMARTS) is 1. The summed E-state index contributed by atoms with van der Waals surface area (Å²) in [7, 11) is 0. The summed E-state index contributed by atoms with van der Waals surface area (Å²) >= 11 is 0. The highest BCUT2D eigenvalue weighted by Crippen LogP contribution is 2.29. The van der Waals surface area contributed by atoms with E-state index in [1.807, 2.05) is 5.32 Å². The van der Waals surface area contributed by atoms with E-state index in [-0.39, 0.29) is 5.56 Å². The Bertz CT molecular complexity index is 572. The van der Waals surface area contributed by atoms with E-state index in [2.05, 4.69) is 0 Å². The summed E-state index contributed by atoms with van der Waals surface area (Å²) in [6.07, 6.45) is -5.30. The molecule has 0 spiro atoms. The first-order valence-corrected chi connectivity index (χ1v) is 5.60. The molecular formula is C12H11F3N2O4. The van der Waals surface area contributed by atoms with Crippen molar-refractivity contribution >= 4 is 17.8 Å². The van der Waals surface area contributed by atoms with Crippen LogP contribution in [0.1, 0.15) is 22.3 Å². The number of hydrogen-bond donors (Lipinski definition) is 3. The van der Waals surface area contributed by atoms with E-state index >= 15 is 0 Å². The summed E-state index contributed by atoms with van der Waals surface area (Å²) in [4.78, 5) is 33.2. The molecule has 0 radical (unpaired) electrons. The van der Waals surface area contributed by atoms with Crippen molar-refractivity contribution in [2.75, 3.05) is 0 Å². The highest BCUT2D eigenvalue weighted by Gasteiger charge is 2.31. The lowest BCUT2D eigenvalue weighted by atomic mass is 10.1. The fraction of sp³-hybridized carbons (Fsp3) is 0.250. The molecule has 0 unspecified atom stereocenters. The van der Waals surface area contributed by atoms with Crippen molar-refractivity contribution in [1.29, 1.82) is 0 Å². The Kier molecular flexibility index (Phi) is 4.90. The third-order valence-electron chi connectivity index (χ3n) is 2.46. The van der Waals surface area contributed by atoms with Gasteiger partial charge in [0.1, 0.15) is 6.04 Å². The molecule has 114 valence electrons. The van der Waals surface area contributed by atoms with Gasteiger partial charge < -0.3 is 16.2 Å². The van der Waals surface area contributed by atoms with Crippen LogP contribution in [0.4, 0.5) is 13.2 Å². The average molecular weight is 304 g/mol. The zero-order chi connectivity index (χ0) is 16.2. The number of carbonyl (C=O) groups is 3. The maximum Gasteiger partial charge on any atom is 0.416 e. The topological polar surface area (TPSA) is 109 Å². The first kappa shape index (κ1) is 16.5. The second-order valence-corrected chi connectivity index (χ2v) is 4.11. The van der Waals surface area contributed by atoms with Crippen molar-refractivity contribution in [3.05, 3.63) is 35.4 Å². The summed E-state index contributed by atoms with van der Waals surface area (Å²) in [5.41, 5.74) is 3.41. The van der Waals surface area contributed by atoms with Crippen LogP contribution in [-0.4, -0.2) is 28.9 Å². The molecule has 9 heteroatoms. The Morgan fingerprint density at radius 3 is 2.38 bits per heavy atom. The zero-order valence-corrected chi connectivity index (χ0v) is 10.5. The standard InChI is InChI=1S/C12H11F3N2O4/c13-12(14,15)7-3-1-2-6(4-7)10(19)17-8(11(20)21)5-9(16)18/h1-4,8H,5H2,(H2,16,18)(H,17,19)(H,20,21)/t8-/m1/s1. The summed E-state index contributed by atoms with van der Waals surface area (Å²) in [5, 5.41) is 10.7. The lowest BCUT2D eigenvalue weighted by Crippen LogP contribution is -2.43. The van der Waals surface area contributed by atoms with Crippen LogP contribution >= 0.6 is 0 Å². The van der Waals surface area contributed by atoms with Gasteiger partial charge in [0.15, 0.2) is 0 Å². The van der Waals surface area contributed by atoms with Crippen molar-refractivity contribution in [3.63, 3.8) is 0 Å². The van der Waals surface area contributed by atoms with Crippen LogP contribution in [0.25, 0.3) is 0 Å². The molecule has 0 aromatic heterocycles. The van der Waals surface area contributed by atoms with Gasteiger partial charge in [-0.25, -0.2) is 4.79 Å². The van der Waals surface area contributed by atoms with E-state index in [0.717, 1.165) is 18.2 Å². The number of benzene rings is 1. The number of primary amides is 1. The van der Waals surface area contributed by atoms with Gasteiger partial charge in [0, 0.05) is 5.56 Å². The van der Waals surface area contributed by atoms with Crippen molar-refractivity contribution in [3.8, 4) is 0 Å². The van der Waals surface area contributed by atoms with Gasteiger partial charge in [-0.1, -0.05) is 6.07 Å². The van der Waals surface area contributed by atoms with Crippen molar-refractivity contribution in [2.45, 2.75) is 18.6 Å². The molecule has 1 rings (SSSR count). The largest absolute Gasteiger partial charge is 0.480 e. The van der Waals surface area contributed by atoms with Crippen molar-refractivity contribution in [2.24, 2.45) is 5.73 Å². The van der Waals surface area contributed by atoms with Crippen LogP contribution in [0.3, 0.4) is 0 Å². The molecule has 0 aliphatic carbocycles. The van der Waals surface area contributed by atoms with Gasteiger partial charge in [-0.2, -0.15) is 13.2 Å². The van der Waals surface area contributed by atoms with Gasteiger partial charge in [0.25, 0.3) is 5.91 Å². The molecule has 0 saturated heterocycles. The van der Waals surface area contributed by atoms with Gasteiger partial charge in [-0.3, -0.25) is 9.59 Å². The predicted molar refractivity (Wildman–Crippen MR) is 64.1 cm³/mol. The first-order chi connectivity index (χ1) is 9.61. The molecule has 2 amide bonds. The third-order valence-corrected chi connectivity index (χ3v) is 2.46. The predicted octanol–water partition coefficient (Wildman–Crippen LogP) is 0.764. The zero-order valence-electron chi connectivity index (χ0n) is 10.5. The molecule has 21 heavy (non-hydrogen) atoms. The molecule has 0 heterocycles.